The highest BCUT2D eigenvalue weighted by Gasteiger charge is 2.33. The molecule has 108 valence electrons. The number of benzene rings is 1. The van der Waals surface area contributed by atoms with Crippen molar-refractivity contribution in [1.82, 2.24) is 9.78 Å². The summed E-state index contributed by atoms with van der Waals surface area (Å²) in [6, 6.07) is 10.5. The lowest BCUT2D eigenvalue weighted by atomic mass is 9.77. The second-order valence-corrected chi connectivity index (χ2v) is 6.84. The van der Waals surface area contributed by atoms with E-state index in [-0.39, 0.29) is 17.5 Å². The molecule has 0 radical (unpaired) electrons. The zero-order valence-corrected chi connectivity index (χ0v) is 14.1. The molecule has 20 heavy (non-hydrogen) atoms. The van der Waals surface area contributed by atoms with Crippen molar-refractivity contribution in [3.63, 3.8) is 0 Å². The van der Waals surface area contributed by atoms with Crippen molar-refractivity contribution in [3.8, 4) is 0 Å². The Morgan fingerprint density at radius 3 is 2.35 bits per heavy atom. The lowest BCUT2D eigenvalue weighted by molar-refractivity contribution is 0.379. The molecule has 2 aromatic rings. The number of halogens is 1. The first-order chi connectivity index (χ1) is 9.35. The summed E-state index contributed by atoms with van der Waals surface area (Å²) in [6.45, 7) is 8.59. The van der Waals surface area contributed by atoms with Crippen molar-refractivity contribution < 1.29 is 0 Å². The quantitative estimate of drug-likeness (QED) is 0.909. The van der Waals surface area contributed by atoms with E-state index in [9.17, 15) is 0 Å². The third-order valence-electron chi connectivity index (χ3n) is 3.87. The molecule has 1 heterocycles. The van der Waals surface area contributed by atoms with Gasteiger partial charge >= 0.3 is 0 Å². The maximum atomic E-state index is 6.60. The van der Waals surface area contributed by atoms with Gasteiger partial charge in [-0.3, -0.25) is 4.68 Å². The second-order valence-electron chi connectivity index (χ2n) is 5.98. The number of hydrogen-bond acceptors (Lipinski definition) is 2. The molecule has 0 spiro atoms. The van der Waals surface area contributed by atoms with Crippen molar-refractivity contribution in [3.05, 3.63) is 52.3 Å². The first-order valence-corrected chi connectivity index (χ1v) is 7.69. The highest BCUT2D eigenvalue weighted by Crippen LogP contribution is 2.38. The number of rotatable bonds is 4. The zero-order valence-electron chi connectivity index (χ0n) is 12.5. The summed E-state index contributed by atoms with van der Waals surface area (Å²) in [6.07, 6.45) is 1.83. The van der Waals surface area contributed by atoms with Gasteiger partial charge in [-0.05, 0) is 35.3 Å². The first kappa shape index (κ1) is 15.3. The zero-order chi connectivity index (χ0) is 14.9. The van der Waals surface area contributed by atoms with Crippen molar-refractivity contribution in [2.24, 2.45) is 5.73 Å². The van der Waals surface area contributed by atoms with Crippen molar-refractivity contribution >= 4 is 15.9 Å². The van der Waals surface area contributed by atoms with Crippen LogP contribution in [-0.4, -0.2) is 9.78 Å². The Balaban J connectivity index is 2.46. The lowest BCUT2D eigenvalue weighted by Gasteiger charge is -2.33. The molecule has 1 aromatic carbocycles. The van der Waals surface area contributed by atoms with Gasteiger partial charge in [0.25, 0.3) is 0 Å². The van der Waals surface area contributed by atoms with Gasteiger partial charge in [-0.2, -0.15) is 5.10 Å². The Labute approximate surface area is 129 Å². The second kappa shape index (κ2) is 5.70. The summed E-state index contributed by atoms with van der Waals surface area (Å²) in [5.41, 5.74) is 8.71. The SMILES string of the molecule is CC(C)n1ncc(Br)c1C(N)C(C)(C)c1ccccc1. The van der Waals surface area contributed by atoms with Crippen LogP contribution in [0.1, 0.15) is 51.0 Å². The molecule has 0 saturated carbocycles. The smallest absolute Gasteiger partial charge is 0.0705 e. The van der Waals surface area contributed by atoms with E-state index in [4.69, 9.17) is 5.73 Å². The molecule has 0 aliphatic carbocycles. The molecule has 4 heteroatoms. The predicted octanol–water partition coefficient (Wildman–Crippen LogP) is 4.20. The van der Waals surface area contributed by atoms with Crippen LogP contribution < -0.4 is 5.73 Å². The monoisotopic (exact) mass is 335 g/mol. The van der Waals surface area contributed by atoms with Crippen molar-refractivity contribution in [2.75, 3.05) is 0 Å². The Kier molecular flexibility index (Phi) is 4.35. The molecule has 0 bridgehead atoms. The minimum atomic E-state index is -0.170. The highest BCUT2D eigenvalue weighted by molar-refractivity contribution is 9.10. The van der Waals surface area contributed by atoms with E-state index in [1.807, 2.05) is 16.9 Å². The van der Waals surface area contributed by atoms with Crippen LogP contribution >= 0.6 is 15.9 Å². The number of nitrogens with zero attached hydrogens (tertiary/aromatic N) is 2. The molecular formula is C16H22BrN3. The Morgan fingerprint density at radius 2 is 1.80 bits per heavy atom. The Bertz CT molecular complexity index is 573. The predicted molar refractivity (Wildman–Crippen MR) is 86.7 cm³/mol. The van der Waals surface area contributed by atoms with Gasteiger partial charge in [0.05, 0.1) is 22.4 Å². The van der Waals surface area contributed by atoms with E-state index in [2.05, 4.69) is 73.0 Å². The van der Waals surface area contributed by atoms with Crippen LogP contribution in [0.25, 0.3) is 0 Å². The highest BCUT2D eigenvalue weighted by atomic mass is 79.9. The van der Waals surface area contributed by atoms with Crippen LogP contribution in [0, 0.1) is 0 Å². The fourth-order valence-corrected chi connectivity index (χ4v) is 2.96. The van der Waals surface area contributed by atoms with Crippen LogP contribution in [0.4, 0.5) is 0 Å². The van der Waals surface area contributed by atoms with E-state index in [1.165, 1.54) is 5.56 Å². The van der Waals surface area contributed by atoms with E-state index in [0.29, 0.717) is 0 Å². The van der Waals surface area contributed by atoms with E-state index >= 15 is 0 Å². The normalized spacial score (nSPS) is 13.8. The van der Waals surface area contributed by atoms with E-state index in [1.54, 1.807) is 0 Å². The molecule has 0 amide bonds. The minimum Gasteiger partial charge on any atom is -0.322 e. The van der Waals surface area contributed by atoms with E-state index in [0.717, 1.165) is 10.2 Å². The van der Waals surface area contributed by atoms with Crippen LogP contribution in [0.5, 0.6) is 0 Å². The van der Waals surface area contributed by atoms with Gasteiger partial charge in [0.1, 0.15) is 0 Å². The summed E-state index contributed by atoms with van der Waals surface area (Å²) < 4.78 is 2.97. The molecular weight excluding hydrogens is 314 g/mol. The van der Waals surface area contributed by atoms with Crippen LogP contribution in [0.15, 0.2) is 41.0 Å². The number of aromatic nitrogens is 2. The molecule has 1 unspecified atom stereocenters. The number of hydrogen-bond donors (Lipinski definition) is 1. The summed E-state index contributed by atoms with van der Waals surface area (Å²) in [5.74, 6) is 0. The van der Waals surface area contributed by atoms with Gasteiger partial charge in [-0.15, -0.1) is 0 Å². The molecule has 0 saturated heterocycles. The van der Waals surface area contributed by atoms with Crippen molar-refractivity contribution in [1.29, 1.82) is 0 Å². The molecule has 1 atom stereocenters. The molecule has 2 N–H and O–H groups in total. The van der Waals surface area contributed by atoms with Gasteiger partial charge in [0.2, 0.25) is 0 Å². The molecule has 2 rings (SSSR count). The fraction of sp³-hybridized carbons (Fsp3) is 0.438. The molecule has 0 aliphatic rings. The number of nitrogens with two attached hydrogens (primary N) is 1. The summed E-state index contributed by atoms with van der Waals surface area (Å²) in [4.78, 5) is 0. The summed E-state index contributed by atoms with van der Waals surface area (Å²) in [5, 5.41) is 4.43. The largest absolute Gasteiger partial charge is 0.322 e. The lowest BCUT2D eigenvalue weighted by Crippen LogP contribution is -2.35. The summed E-state index contributed by atoms with van der Waals surface area (Å²) >= 11 is 3.59. The maximum Gasteiger partial charge on any atom is 0.0705 e. The van der Waals surface area contributed by atoms with Crippen LogP contribution in [-0.2, 0) is 5.41 Å². The van der Waals surface area contributed by atoms with Crippen LogP contribution in [0.3, 0.4) is 0 Å². The summed E-state index contributed by atoms with van der Waals surface area (Å²) in [7, 11) is 0. The average Bonchev–Trinajstić information content (AvgIpc) is 2.80. The standard InChI is InChI=1S/C16H22BrN3/c1-11(2)20-14(13(17)10-19-20)15(18)16(3,4)12-8-6-5-7-9-12/h5-11,15H,18H2,1-4H3. The topological polar surface area (TPSA) is 43.8 Å². The molecule has 0 fully saturated rings. The van der Waals surface area contributed by atoms with Crippen molar-refractivity contribution in [2.45, 2.75) is 45.2 Å². The Morgan fingerprint density at radius 1 is 1.20 bits per heavy atom. The van der Waals surface area contributed by atoms with Crippen LogP contribution in [0.2, 0.25) is 0 Å². The molecule has 1 aromatic heterocycles. The third-order valence-corrected chi connectivity index (χ3v) is 4.48. The first-order valence-electron chi connectivity index (χ1n) is 6.89. The minimum absolute atomic E-state index is 0.135. The van der Waals surface area contributed by atoms with Gasteiger partial charge in [-0.1, -0.05) is 44.2 Å². The molecule has 3 nitrogen and oxygen atoms in total. The van der Waals surface area contributed by atoms with Gasteiger partial charge in [0, 0.05) is 11.5 Å². The van der Waals surface area contributed by atoms with Gasteiger partial charge < -0.3 is 5.73 Å². The van der Waals surface area contributed by atoms with Gasteiger partial charge in [-0.25, -0.2) is 0 Å². The third kappa shape index (κ3) is 2.67. The average molecular weight is 336 g/mol. The van der Waals surface area contributed by atoms with E-state index < -0.39 is 0 Å². The fourth-order valence-electron chi connectivity index (χ4n) is 2.44. The molecule has 0 aliphatic heterocycles. The van der Waals surface area contributed by atoms with Gasteiger partial charge in [0.15, 0.2) is 0 Å². The Hall–Kier alpha value is -1.13. The maximum absolute atomic E-state index is 6.60.